The third-order valence-electron chi connectivity index (χ3n) is 6.56. The maximum Gasteiger partial charge on any atom is 0.362 e. The lowest BCUT2D eigenvalue weighted by atomic mass is 9.78. The van der Waals surface area contributed by atoms with Crippen LogP contribution in [0.1, 0.15) is 47.7 Å². The van der Waals surface area contributed by atoms with Crippen LogP contribution in [0.15, 0.2) is 78.9 Å². The van der Waals surface area contributed by atoms with Gasteiger partial charge in [0.05, 0.1) is 18.7 Å². The van der Waals surface area contributed by atoms with E-state index in [-0.39, 0.29) is 6.04 Å². The smallest absolute Gasteiger partial charge is 0.362 e. The summed E-state index contributed by atoms with van der Waals surface area (Å²) in [5, 5.41) is 11.0. The van der Waals surface area contributed by atoms with E-state index in [0.29, 0.717) is 13.1 Å². The number of aryl methyl sites for hydroxylation is 2. The van der Waals surface area contributed by atoms with Crippen LogP contribution < -0.4 is 0 Å². The highest BCUT2D eigenvalue weighted by molar-refractivity contribution is 6.01. The van der Waals surface area contributed by atoms with E-state index in [4.69, 9.17) is 0 Å². The van der Waals surface area contributed by atoms with Crippen LogP contribution in [-0.4, -0.2) is 39.5 Å². The maximum atomic E-state index is 13.4. The van der Waals surface area contributed by atoms with Gasteiger partial charge in [0.25, 0.3) is 11.4 Å². The number of rotatable bonds is 6. The van der Waals surface area contributed by atoms with Crippen molar-refractivity contribution in [3.8, 4) is 0 Å². The van der Waals surface area contributed by atoms with Gasteiger partial charge in [-0.3, -0.25) is 0 Å². The van der Waals surface area contributed by atoms with E-state index in [2.05, 4.69) is 59.7 Å². The van der Waals surface area contributed by atoms with Crippen molar-refractivity contribution in [2.75, 3.05) is 13.1 Å². The molecule has 1 N–H and O–H groups in total. The van der Waals surface area contributed by atoms with E-state index in [1.54, 1.807) is 0 Å². The number of nitrogens with zero attached hydrogens (tertiary/aromatic N) is 2. The maximum absolute atomic E-state index is 13.4. The zero-order chi connectivity index (χ0) is 22.9. The monoisotopic (exact) mass is 427 g/mol. The summed E-state index contributed by atoms with van der Waals surface area (Å²) in [4.78, 5) is 15.5. The van der Waals surface area contributed by atoms with Crippen molar-refractivity contribution in [3.05, 3.63) is 107 Å². The van der Waals surface area contributed by atoms with Crippen LogP contribution in [0.3, 0.4) is 0 Å². The molecule has 1 heterocycles. The van der Waals surface area contributed by atoms with Crippen LogP contribution in [0.5, 0.6) is 0 Å². The summed E-state index contributed by atoms with van der Waals surface area (Å²) < 4.78 is 2.26. The molecule has 0 aromatic heterocycles. The summed E-state index contributed by atoms with van der Waals surface area (Å²) in [7, 11) is 0. The Labute approximate surface area is 190 Å². The Morgan fingerprint density at radius 3 is 1.97 bits per heavy atom. The van der Waals surface area contributed by atoms with Crippen LogP contribution in [-0.2, 0) is 10.3 Å². The fourth-order valence-corrected chi connectivity index (χ4v) is 5.11. The van der Waals surface area contributed by atoms with Gasteiger partial charge in [-0.2, -0.15) is 0 Å². The predicted molar refractivity (Wildman–Crippen MR) is 128 cm³/mol. The number of carbonyl (C=O) groups is 1. The van der Waals surface area contributed by atoms with Gasteiger partial charge in [0.1, 0.15) is 0 Å². The molecule has 3 aromatic rings. The minimum absolute atomic E-state index is 0.372. The first-order valence-corrected chi connectivity index (χ1v) is 11.3. The zero-order valence-electron chi connectivity index (χ0n) is 19.2. The molecule has 2 atom stereocenters. The SMILES string of the molecule is CCN1C(c2ccccc2)=[N+](CC)C(c2ccc(C)cc2)C1(C(=O)O)c1ccc(C)cc1. The minimum Gasteiger partial charge on any atom is -0.477 e. The van der Waals surface area contributed by atoms with Crippen molar-refractivity contribution in [2.45, 2.75) is 39.3 Å². The Hall–Kier alpha value is -3.40. The standard InChI is InChI=1S/C28H30N2O2/c1-5-29-25(22-16-12-20(3)13-17-22)28(27(31)32,24-18-14-21(4)15-19-24)30(6-2)26(29)23-10-8-7-9-11-23/h7-19,25H,5-6H2,1-4H3/p+1. The highest BCUT2D eigenvalue weighted by Crippen LogP contribution is 2.48. The number of carboxylic acids is 1. The Morgan fingerprint density at radius 2 is 1.47 bits per heavy atom. The van der Waals surface area contributed by atoms with Crippen LogP contribution in [0.25, 0.3) is 0 Å². The molecule has 4 nitrogen and oxygen atoms in total. The quantitative estimate of drug-likeness (QED) is 0.554. The Kier molecular flexibility index (Phi) is 5.88. The highest BCUT2D eigenvalue weighted by Gasteiger charge is 2.66. The summed E-state index contributed by atoms with van der Waals surface area (Å²) >= 11 is 0. The van der Waals surface area contributed by atoms with Crippen molar-refractivity contribution >= 4 is 11.8 Å². The fraction of sp³-hybridized carbons (Fsp3) is 0.286. The molecule has 0 fully saturated rings. The largest absolute Gasteiger partial charge is 0.477 e. The predicted octanol–water partition coefficient (Wildman–Crippen LogP) is 5.14. The Morgan fingerprint density at radius 1 is 0.906 bits per heavy atom. The van der Waals surface area contributed by atoms with Crippen LogP contribution in [0.2, 0.25) is 0 Å². The molecular formula is C28H31N2O2+. The van der Waals surface area contributed by atoms with E-state index in [1.165, 1.54) is 0 Å². The lowest BCUT2D eigenvalue weighted by Crippen LogP contribution is -2.54. The summed E-state index contributed by atoms with van der Waals surface area (Å²) in [5.74, 6) is 0.127. The van der Waals surface area contributed by atoms with E-state index in [1.807, 2.05) is 56.3 Å². The Bertz CT molecular complexity index is 1130. The molecule has 0 amide bonds. The summed E-state index contributed by atoms with van der Waals surface area (Å²) in [6.45, 7) is 9.50. The fourth-order valence-electron chi connectivity index (χ4n) is 5.11. The summed E-state index contributed by atoms with van der Waals surface area (Å²) in [6.07, 6.45) is 0. The molecule has 1 aliphatic heterocycles. The van der Waals surface area contributed by atoms with Gasteiger partial charge in [0.2, 0.25) is 0 Å². The average Bonchev–Trinajstić information content (AvgIpc) is 3.12. The molecule has 4 rings (SSSR count). The van der Waals surface area contributed by atoms with Gasteiger partial charge < -0.3 is 5.11 Å². The second kappa shape index (κ2) is 8.62. The zero-order valence-corrected chi connectivity index (χ0v) is 19.2. The third-order valence-corrected chi connectivity index (χ3v) is 6.56. The van der Waals surface area contributed by atoms with Crippen molar-refractivity contribution in [2.24, 2.45) is 0 Å². The molecule has 32 heavy (non-hydrogen) atoms. The van der Waals surface area contributed by atoms with Crippen molar-refractivity contribution in [3.63, 3.8) is 0 Å². The first kappa shape index (κ1) is 21.8. The minimum atomic E-state index is -1.25. The van der Waals surface area contributed by atoms with Crippen molar-refractivity contribution < 1.29 is 14.5 Å². The van der Waals surface area contributed by atoms with Crippen LogP contribution in [0.4, 0.5) is 0 Å². The molecule has 1 aliphatic rings. The first-order chi connectivity index (χ1) is 15.4. The number of carboxylic acid groups (broad SMARTS) is 1. The average molecular weight is 428 g/mol. The molecule has 4 heteroatoms. The van der Waals surface area contributed by atoms with E-state index >= 15 is 0 Å². The molecule has 0 saturated heterocycles. The molecule has 0 radical (unpaired) electrons. The normalized spacial score (nSPS) is 20.6. The van der Waals surface area contributed by atoms with Crippen LogP contribution >= 0.6 is 0 Å². The number of amidine groups is 1. The van der Waals surface area contributed by atoms with Crippen molar-refractivity contribution in [1.29, 1.82) is 0 Å². The first-order valence-electron chi connectivity index (χ1n) is 11.3. The second-order valence-corrected chi connectivity index (χ2v) is 8.47. The van der Waals surface area contributed by atoms with Gasteiger partial charge >= 0.3 is 5.97 Å². The number of aliphatic carboxylic acids is 1. The van der Waals surface area contributed by atoms with Gasteiger partial charge in [0.15, 0.2) is 6.04 Å². The molecule has 2 unspecified atom stereocenters. The number of hydrogen-bond acceptors (Lipinski definition) is 2. The van der Waals surface area contributed by atoms with E-state index in [9.17, 15) is 9.90 Å². The molecule has 3 aromatic carbocycles. The molecule has 0 saturated carbocycles. The second-order valence-electron chi connectivity index (χ2n) is 8.47. The summed E-state index contributed by atoms with van der Waals surface area (Å²) in [5.41, 5.74) is 3.85. The molecule has 0 aliphatic carbocycles. The van der Waals surface area contributed by atoms with Gasteiger partial charge in [-0.15, -0.1) is 0 Å². The molecule has 0 spiro atoms. The molecule has 164 valence electrons. The summed E-state index contributed by atoms with van der Waals surface area (Å²) in [6, 6.07) is 26.1. The number of hydrogen-bond donors (Lipinski definition) is 1. The number of benzene rings is 3. The lowest BCUT2D eigenvalue weighted by Gasteiger charge is -2.34. The van der Waals surface area contributed by atoms with E-state index in [0.717, 1.165) is 33.7 Å². The third kappa shape index (κ3) is 3.31. The van der Waals surface area contributed by atoms with Crippen LogP contribution in [0, 0.1) is 13.8 Å². The molecule has 0 bridgehead atoms. The van der Waals surface area contributed by atoms with E-state index < -0.39 is 11.5 Å². The topological polar surface area (TPSA) is 43.5 Å². The van der Waals surface area contributed by atoms with Crippen molar-refractivity contribution in [1.82, 2.24) is 4.90 Å². The number of likely N-dealkylation sites (N-methyl/N-ethyl adjacent to an activating group) is 2. The van der Waals surface area contributed by atoms with Gasteiger partial charge in [-0.05, 0) is 39.8 Å². The van der Waals surface area contributed by atoms with Gasteiger partial charge in [0, 0.05) is 11.1 Å². The van der Waals surface area contributed by atoms with Gasteiger partial charge in [-0.25, -0.2) is 14.3 Å². The Balaban J connectivity index is 2.09. The van der Waals surface area contributed by atoms with Gasteiger partial charge in [-0.1, -0.05) is 77.9 Å². The lowest BCUT2D eigenvalue weighted by molar-refractivity contribution is -0.567. The molecular weight excluding hydrogens is 396 g/mol. The highest BCUT2D eigenvalue weighted by atomic mass is 16.4.